The average molecular weight is 284 g/mol. The normalized spacial score (nSPS) is 10.5. The number of hydrazone groups is 1. The molecule has 0 fully saturated rings. The van der Waals surface area contributed by atoms with Gasteiger partial charge in [-0.2, -0.15) is 5.10 Å². The van der Waals surface area contributed by atoms with E-state index in [1.807, 2.05) is 6.92 Å². The molecule has 0 aliphatic carbocycles. The molecule has 1 N–H and O–H groups in total. The van der Waals surface area contributed by atoms with Crippen LogP contribution in [0.25, 0.3) is 0 Å². The Kier molecular flexibility index (Phi) is 4.35. The monoisotopic (exact) mass is 284 g/mol. The summed E-state index contributed by atoms with van der Waals surface area (Å²) in [5, 5.41) is 14.3. The Morgan fingerprint density at radius 3 is 2.57 bits per heavy atom. The number of non-ortho nitro benzene ring substituents is 1. The van der Waals surface area contributed by atoms with Gasteiger partial charge in [0.15, 0.2) is 0 Å². The average Bonchev–Trinajstić information content (AvgIpc) is 2.48. The lowest BCUT2D eigenvalue weighted by Crippen LogP contribution is -2.17. The zero-order valence-corrected chi connectivity index (χ0v) is 11.2. The van der Waals surface area contributed by atoms with Gasteiger partial charge in [-0.25, -0.2) is 5.43 Å². The number of hydrogen-bond acceptors (Lipinski definition) is 5. The third-order valence-electron chi connectivity index (χ3n) is 2.66. The Morgan fingerprint density at radius 2 is 2.00 bits per heavy atom. The first kappa shape index (κ1) is 14.3. The molecule has 2 rings (SSSR count). The number of rotatable bonds is 4. The number of pyridine rings is 1. The summed E-state index contributed by atoms with van der Waals surface area (Å²) in [6, 6.07) is 9.20. The zero-order chi connectivity index (χ0) is 15.2. The summed E-state index contributed by atoms with van der Waals surface area (Å²) in [4.78, 5) is 25.8. The largest absolute Gasteiger partial charge is 0.272 e. The van der Waals surface area contributed by atoms with Crippen molar-refractivity contribution in [1.29, 1.82) is 0 Å². The smallest absolute Gasteiger partial charge is 0.267 e. The molecule has 21 heavy (non-hydrogen) atoms. The Hall–Kier alpha value is -3.09. The first-order chi connectivity index (χ1) is 10.1. The van der Waals surface area contributed by atoms with Gasteiger partial charge in [0.25, 0.3) is 11.6 Å². The first-order valence-corrected chi connectivity index (χ1v) is 6.07. The SMILES string of the molecule is Cc1ccc(C(=O)N/N=C/c2ccc([N+](=O)[O-])cc2)cn1. The maximum atomic E-state index is 11.7. The van der Waals surface area contributed by atoms with Gasteiger partial charge in [-0.15, -0.1) is 0 Å². The van der Waals surface area contributed by atoms with Crippen LogP contribution in [0.4, 0.5) is 5.69 Å². The van der Waals surface area contributed by atoms with E-state index in [2.05, 4.69) is 15.5 Å². The van der Waals surface area contributed by atoms with Gasteiger partial charge in [-0.1, -0.05) is 0 Å². The molecule has 0 unspecified atom stereocenters. The molecule has 0 saturated carbocycles. The van der Waals surface area contributed by atoms with E-state index in [-0.39, 0.29) is 11.6 Å². The van der Waals surface area contributed by atoms with Crippen molar-refractivity contribution in [2.45, 2.75) is 6.92 Å². The lowest BCUT2D eigenvalue weighted by Gasteiger charge is -1.99. The van der Waals surface area contributed by atoms with Crippen LogP contribution >= 0.6 is 0 Å². The van der Waals surface area contributed by atoms with Crippen LogP contribution in [0.1, 0.15) is 21.6 Å². The van der Waals surface area contributed by atoms with Crippen molar-refractivity contribution in [2.24, 2.45) is 5.10 Å². The van der Waals surface area contributed by atoms with E-state index < -0.39 is 4.92 Å². The van der Waals surface area contributed by atoms with Crippen molar-refractivity contribution >= 4 is 17.8 Å². The molecule has 1 heterocycles. The fraction of sp³-hybridized carbons (Fsp3) is 0.0714. The third kappa shape index (κ3) is 3.93. The van der Waals surface area contributed by atoms with Crippen molar-refractivity contribution in [3.8, 4) is 0 Å². The molecule has 0 saturated heterocycles. The highest BCUT2D eigenvalue weighted by Gasteiger charge is 2.04. The molecular weight excluding hydrogens is 272 g/mol. The topological polar surface area (TPSA) is 97.5 Å². The lowest BCUT2D eigenvalue weighted by atomic mass is 10.2. The molecular formula is C14H12N4O3. The summed E-state index contributed by atoms with van der Waals surface area (Å²) >= 11 is 0. The second-order valence-electron chi connectivity index (χ2n) is 4.24. The highest BCUT2D eigenvalue weighted by Crippen LogP contribution is 2.10. The number of benzene rings is 1. The van der Waals surface area contributed by atoms with E-state index in [1.165, 1.54) is 24.5 Å². The van der Waals surface area contributed by atoms with Crippen LogP contribution in [-0.2, 0) is 0 Å². The molecule has 106 valence electrons. The summed E-state index contributed by atoms with van der Waals surface area (Å²) in [7, 11) is 0. The van der Waals surface area contributed by atoms with Gasteiger partial charge in [0.05, 0.1) is 16.7 Å². The molecule has 0 spiro atoms. The van der Waals surface area contributed by atoms with Crippen molar-refractivity contribution < 1.29 is 9.72 Å². The van der Waals surface area contributed by atoms with Gasteiger partial charge in [0.2, 0.25) is 0 Å². The second kappa shape index (κ2) is 6.38. The maximum Gasteiger partial charge on any atom is 0.272 e. The summed E-state index contributed by atoms with van der Waals surface area (Å²) in [6.07, 6.45) is 2.87. The Morgan fingerprint density at radius 1 is 1.29 bits per heavy atom. The third-order valence-corrected chi connectivity index (χ3v) is 2.66. The summed E-state index contributed by atoms with van der Waals surface area (Å²) < 4.78 is 0. The van der Waals surface area contributed by atoms with E-state index in [0.717, 1.165) is 5.69 Å². The van der Waals surface area contributed by atoms with Crippen molar-refractivity contribution in [2.75, 3.05) is 0 Å². The lowest BCUT2D eigenvalue weighted by molar-refractivity contribution is -0.384. The van der Waals surface area contributed by atoms with E-state index in [0.29, 0.717) is 11.1 Å². The molecule has 0 aliphatic heterocycles. The Labute approximate surface area is 120 Å². The highest BCUT2D eigenvalue weighted by atomic mass is 16.6. The number of carbonyl (C=O) groups excluding carboxylic acids is 1. The van der Waals surface area contributed by atoms with Gasteiger partial charge >= 0.3 is 0 Å². The molecule has 0 bridgehead atoms. The minimum absolute atomic E-state index is 0.00177. The number of nitro groups is 1. The minimum Gasteiger partial charge on any atom is -0.267 e. The number of hydrogen-bond donors (Lipinski definition) is 1. The molecule has 1 aromatic heterocycles. The molecule has 0 atom stereocenters. The van der Waals surface area contributed by atoms with Crippen LogP contribution in [0.5, 0.6) is 0 Å². The first-order valence-electron chi connectivity index (χ1n) is 6.07. The summed E-state index contributed by atoms with van der Waals surface area (Å²) in [5.74, 6) is -0.374. The molecule has 0 radical (unpaired) electrons. The molecule has 0 aliphatic rings. The number of carbonyl (C=O) groups is 1. The number of aromatic nitrogens is 1. The van der Waals surface area contributed by atoms with Gasteiger partial charge in [-0.3, -0.25) is 19.9 Å². The fourth-order valence-electron chi connectivity index (χ4n) is 1.51. The second-order valence-corrected chi connectivity index (χ2v) is 4.24. The molecule has 7 heteroatoms. The van der Waals surface area contributed by atoms with Crippen molar-refractivity contribution in [1.82, 2.24) is 10.4 Å². The standard InChI is InChI=1S/C14H12N4O3/c1-10-2-5-12(9-15-10)14(19)17-16-8-11-3-6-13(7-4-11)18(20)21/h2-9H,1H3,(H,17,19)/b16-8+. The quantitative estimate of drug-likeness (QED) is 0.528. The number of nitrogens with one attached hydrogen (secondary N) is 1. The van der Waals surface area contributed by atoms with Crippen LogP contribution in [0.2, 0.25) is 0 Å². The molecule has 2 aromatic rings. The number of nitrogens with zero attached hydrogens (tertiary/aromatic N) is 3. The zero-order valence-electron chi connectivity index (χ0n) is 11.2. The van der Waals surface area contributed by atoms with Gasteiger partial charge < -0.3 is 0 Å². The maximum absolute atomic E-state index is 11.7. The number of amides is 1. The van der Waals surface area contributed by atoms with Gasteiger partial charge in [0, 0.05) is 24.0 Å². The Bertz CT molecular complexity index is 678. The summed E-state index contributed by atoms with van der Waals surface area (Å²) in [5.41, 5.74) is 4.23. The van der Waals surface area contributed by atoms with Crippen molar-refractivity contribution in [3.63, 3.8) is 0 Å². The van der Waals surface area contributed by atoms with Crippen LogP contribution in [0, 0.1) is 17.0 Å². The number of nitro benzene ring substituents is 1. The van der Waals surface area contributed by atoms with E-state index >= 15 is 0 Å². The van der Waals surface area contributed by atoms with E-state index in [1.54, 1.807) is 24.3 Å². The van der Waals surface area contributed by atoms with Crippen LogP contribution < -0.4 is 5.43 Å². The minimum atomic E-state index is -0.479. The molecule has 1 amide bonds. The van der Waals surface area contributed by atoms with Gasteiger partial charge in [-0.05, 0) is 36.8 Å². The van der Waals surface area contributed by atoms with Crippen molar-refractivity contribution in [3.05, 3.63) is 69.5 Å². The number of aryl methyl sites for hydroxylation is 1. The summed E-state index contributed by atoms with van der Waals surface area (Å²) in [6.45, 7) is 1.83. The fourth-order valence-corrected chi connectivity index (χ4v) is 1.51. The predicted octanol–water partition coefficient (Wildman–Crippen LogP) is 2.06. The van der Waals surface area contributed by atoms with E-state index in [9.17, 15) is 14.9 Å². The Balaban J connectivity index is 1.97. The van der Waals surface area contributed by atoms with Crippen LogP contribution in [0.3, 0.4) is 0 Å². The van der Waals surface area contributed by atoms with Crippen LogP contribution in [0.15, 0.2) is 47.7 Å². The molecule has 1 aromatic carbocycles. The highest BCUT2D eigenvalue weighted by molar-refractivity contribution is 5.94. The predicted molar refractivity (Wildman–Crippen MR) is 77.1 cm³/mol. The molecule has 7 nitrogen and oxygen atoms in total. The van der Waals surface area contributed by atoms with Crippen LogP contribution in [-0.4, -0.2) is 22.0 Å². The van der Waals surface area contributed by atoms with Gasteiger partial charge in [0.1, 0.15) is 0 Å². The van der Waals surface area contributed by atoms with E-state index in [4.69, 9.17) is 0 Å².